The Hall–Kier alpha value is -1.27. The van der Waals surface area contributed by atoms with E-state index in [2.05, 4.69) is 17.2 Å². The highest BCUT2D eigenvalue weighted by Crippen LogP contribution is 2.19. The average Bonchev–Trinajstić information content (AvgIpc) is 2.49. The second-order valence-corrected chi connectivity index (χ2v) is 6.15. The highest BCUT2D eigenvalue weighted by atomic mass is 32.2. The molecule has 0 atom stereocenters. The van der Waals surface area contributed by atoms with E-state index >= 15 is 0 Å². The first-order valence-electron chi connectivity index (χ1n) is 6.98. The summed E-state index contributed by atoms with van der Waals surface area (Å²) in [7, 11) is 0. The zero-order chi connectivity index (χ0) is 14.4. The maximum Gasteiger partial charge on any atom is 0.321 e. The summed E-state index contributed by atoms with van der Waals surface area (Å²) >= 11 is 1.68. The number of aliphatic hydroxyl groups is 1. The van der Waals surface area contributed by atoms with Crippen LogP contribution in [0.15, 0.2) is 23.4 Å². The third kappa shape index (κ3) is 4.11. The van der Waals surface area contributed by atoms with Gasteiger partial charge in [0.15, 0.2) is 0 Å². The van der Waals surface area contributed by atoms with Gasteiger partial charge in [0.2, 0.25) is 0 Å². The smallest absolute Gasteiger partial charge is 0.321 e. The van der Waals surface area contributed by atoms with Gasteiger partial charge in [0, 0.05) is 19.7 Å². The van der Waals surface area contributed by atoms with Gasteiger partial charge in [0.25, 0.3) is 0 Å². The number of pyridine rings is 1. The van der Waals surface area contributed by atoms with E-state index in [1.807, 2.05) is 12.1 Å². The molecule has 2 N–H and O–H groups in total. The van der Waals surface area contributed by atoms with Crippen LogP contribution < -0.4 is 5.32 Å². The number of piperidine rings is 1. The van der Waals surface area contributed by atoms with Crippen molar-refractivity contribution in [3.8, 4) is 0 Å². The van der Waals surface area contributed by atoms with Crippen molar-refractivity contribution in [2.45, 2.75) is 24.8 Å². The van der Waals surface area contributed by atoms with Crippen LogP contribution in [0.4, 0.5) is 10.5 Å². The number of rotatable bonds is 4. The minimum atomic E-state index is -0.0842. The van der Waals surface area contributed by atoms with Crippen LogP contribution in [0.2, 0.25) is 0 Å². The van der Waals surface area contributed by atoms with Crippen LogP contribution in [0.5, 0.6) is 0 Å². The van der Waals surface area contributed by atoms with E-state index in [1.54, 1.807) is 22.9 Å². The van der Waals surface area contributed by atoms with Gasteiger partial charge < -0.3 is 15.3 Å². The number of nitrogens with zero attached hydrogens (tertiary/aromatic N) is 2. The molecule has 0 radical (unpaired) electrons. The van der Waals surface area contributed by atoms with Gasteiger partial charge in [0.05, 0.1) is 16.9 Å². The Labute approximate surface area is 123 Å². The molecule has 1 fully saturated rings. The summed E-state index contributed by atoms with van der Waals surface area (Å²) in [6.07, 6.45) is 3.43. The zero-order valence-corrected chi connectivity index (χ0v) is 12.5. The Bertz CT molecular complexity index is 431. The summed E-state index contributed by atoms with van der Waals surface area (Å²) in [6.45, 7) is 3.70. The van der Waals surface area contributed by atoms with E-state index in [1.165, 1.54) is 0 Å². The minimum Gasteiger partial charge on any atom is -0.396 e. The molecule has 1 aliphatic rings. The number of aromatic nitrogens is 1. The molecule has 110 valence electrons. The predicted molar refractivity (Wildman–Crippen MR) is 81.0 cm³/mol. The van der Waals surface area contributed by atoms with Crippen molar-refractivity contribution in [1.29, 1.82) is 0 Å². The summed E-state index contributed by atoms with van der Waals surface area (Å²) in [5.74, 6) is 1.32. The fourth-order valence-corrected chi connectivity index (χ4v) is 2.80. The topological polar surface area (TPSA) is 65.5 Å². The molecule has 0 bridgehead atoms. The molecule has 1 saturated heterocycles. The average molecular weight is 295 g/mol. The number of urea groups is 1. The molecule has 0 spiro atoms. The molecule has 1 aromatic heterocycles. The predicted octanol–water partition coefficient (Wildman–Crippen LogP) is 2.43. The normalized spacial score (nSPS) is 16.2. The van der Waals surface area contributed by atoms with Gasteiger partial charge in [-0.2, -0.15) is 0 Å². The Morgan fingerprint density at radius 1 is 1.50 bits per heavy atom. The number of hydrogen-bond donors (Lipinski definition) is 2. The largest absolute Gasteiger partial charge is 0.396 e. The SMILES string of the molecule is CCSc1ccc(NC(=O)N2CCC(CO)CC2)cn1. The third-order valence-corrected chi connectivity index (χ3v) is 4.27. The molecule has 5 nitrogen and oxygen atoms in total. The van der Waals surface area contributed by atoms with Crippen molar-refractivity contribution in [3.05, 3.63) is 18.3 Å². The van der Waals surface area contributed by atoms with Gasteiger partial charge >= 0.3 is 6.03 Å². The molecular formula is C14H21N3O2S. The number of carbonyl (C=O) groups is 1. The van der Waals surface area contributed by atoms with Crippen LogP contribution in [0.3, 0.4) is 0 Å². The van der Waals surface area contributed by atoms with Crippen LogP contribution in [0.1, 0.15) is 19.8 Å². The van der Waals surface area contributed by atoms with Crippen molar-refractivity contribution in [2.24, 2.45) is 5.92 Å². The second kappa shape index (κ2) is 7.50. The van der Waals surface area contributed by atoms with Gasteiger partial charge in [-0.1, -0.05) is 6.92 Å². The molecule has 2 rings (SSSR count). The zero-order valence-electron chi connectivity index (χ0n) is 11.7. The molecule has 20 heavy (non-hydrogen) atoms. The molecule has 6 heteroatoms. The van der Waals surface area contributed by atoms with Gasteiger partial charge in [0.1, 0.15) is 0 Å². The van der Waals surface area contributed by atoms with Crippen molar-refractivity contribution < 1.29 is 9.90 Å². The lowest BCUT2D eigenvalue weighted by molar-refractivity contribution is 0.143. The number of hydrogen-bond acceptors (Lipinski definition) is 4. The van der Waals surface area contributed by atoms with E-state index in [-0.39, 0.29) is 12.6 Å². The summed E-state index contributed by atoms with van der Waals surface area (Å²) in [5.41, 5.74) is 0.722. The van der Waals surface area contributed by atoms with E-state index in [4.69, 9.17) is 5.11 Å². The number of anilines is 1. The number of carbonyl (C=O) groups excluding carboxylic acids is 1. The first kappa shape index (κ1) is 15.1. The van der Waals surface area contributed by atoms with Gasteiger partial charge in [-0.05, 0) is 36.6 Å². The highest BCUT2D eigenvalue weighted by Gasteiger charge is 2.22. The molecule has 0 aliphatic carbocycles. The Kier molecular flexibility index (Phi) is 5.67. The van der Waals surface area contributed by atoms with Crippen molar-refractivity contribution in [2.75, 3.05) is 30.8 Å². The molecule has 0 saturated carbocycles. The van der Waals surface area contributed by atoms with Gasteiger partial charge in [-0.15, -0.1) is 11.8 Å². The number of nitrogens with one attached hydrogen (secondary N) is 1. The molecule has 0 aromatic carbocycles. The fourth-order valence-electron chi connectivity index (χ4n) is 2.21. The van der Waals surface area contributed by atoms with Crippen molar-refractivity contribution in [1.82, 2.24) is 9.88 Å². The molecule has 2 heterocycles. The molecular weight excluding hydrogens is 274 g/mol. The van der Waals surface area contributed by atoms with Crippen LogP contribution in [0.25, 0.3) is 0 Å². The summed E-state index contributed by atoms with van der Waals surface area (Å²) in [6, 6.07) is 3.71. The first-order valence-corrected chi connectivity index (χ1v) is 7.97. The number of aliphatic hydroxyl groups excluding tert-OH is 1. The number of thioether (sulfide) groups is 1. The Morgan fingerprint density at radius 3 is 2.80 bits per heavy atom. The van der Waals surface area contributed by atoms with Crippen LogP contribution in [-0.2, 0) is 0 Å². The number of likely N-dealkylation sites (tertiary alicyclic amines) is 1. The maximum atomic E-state index is 12.1. The van der Waals surface area contributed by atoms with Crippen LogP contribution in [0, 0.1) is 5.92 Å². The van der Waals surface area contributed by atoms with Gasteiger partial charge in [-0.3, -0.25) is 0 Å². The fraction of sp³-hybridized carbons (Fsp3) is 0.571. The minimum absolute atomic E-state index is 0.0842. The Balaban J connectivity index is 1.85. The molecule has 1 aliphatic heterocycles. The van der Waals surface area contributed by atoms with E-state index in [0.717, 1.165) is 29.3 Å². The lowest BCUT2D eigenvalue weighted by Gasteiger charge is -2.31. The second-order valence-electron chi connectivity index (χ2n) is 4.86. The van der Waals surface area contributed by atoms with E-state index in [0.29, 0.717) is 19.0 Å². The lowest BCUT2D eigenvalue weighted by Crippen LogP contribution is -2.41. The number of amides is 2. The summed E-state index contributed by atoms with van der Waals surface area (Å²) in [5, 5.41) is 12.9. The molecule has 2 amide bonds. The maximum absolute atomic E-state index is 12.1. The quantitative estimate of drug-likeness (QED) is 0.837. The van der Waals surface area contributed by atoms with Crippen molar-refractivity contribution in [3.63, 3.8) is 0 Å². The lowest BCUT2D eigenvalue weighted by atomic mass is 9.98. The highest BCUT2D eigenvalue weighted by molar-refractivity contribution is 7.99. The molecule has 1 aromatic rings. The first-order chi connectivity index (χ1) is 9.72. The van der Waals surface area contributed by atoms with E-state index in [9.17, 15) is 4.79 Å². The molecule has 0 unspecified atom stereocenters. The standard InChI is InChI=1S/C14H21N3O2S/c1-2-20-13-4-3-12(9-15-13)16-14(19)17-7-5-11(10-18)6-8-17/h3-4,9,11,18H,2,5-8,10H2,1H3,(H,16,19). The van der Waals surface area contributed by atoms with Crippen molar-refractivity contribution >= 4 is 23.5 Å². The summed E-state index contributed by atoms with van der Waals surface area (Å²) < 4.78 is 0. The van der Waals surface area contributed by atoms with Gasteiger partial charge in [-0.25, -0.2) is 9.78 Å². The Morgan fingerprint density at radius 2 is 2.25 bits per heavy atom. The van der Waals surface area contributed by atoms with E-state index < -0.39 is 0 Å². The third-order valence-electron chi connectivity index (χ3n) is 3.44. The monoisotopic (exact) mass is 295 g/mol. The van der Waals surface area contributed by atoms with Crippen LogP contribution >= 0.6 is 11.8 Å². The summed E-state index contributed by atoms with van der Waals surface area (Å²) in [4.78, 5) is 18.2. The van der Waals surface area contributed by atoms with Crippen LogP contribution in [-0.4, -0.2) is 46.5 Å².